The summed E-state index contributed by atoms with van der Waals surface area (Å²) in [5, 5.41) is 7.64. The molecule has 0 amide bonds. The van der Waals surface area contributed by atoms with Crippen LogP contribution in [0.2, 0.25) is 0 Å². The highest BCUT2D eigenvalue weighted by Gasteiger charge is 2.23. The lowest BCUT2D eigenvalue weighted by molar-refractivity contribution is 0.637. The van der Waals surface area contributed by atoms with Gasteiger partial charge in [-0.3, -0.25) is 4.99 Å². The molecule has 8 aromatic carbocycles. The molecule has 0 fully saturated rings. The molecule has 1 heteroatoms. The molecule has 0 N–H and O–H groups in total. The standard InChI is InChI=1S/C53H43N/c1-4-37-16-6-14-27-51(37)54-36(3)43-19-8-9-21-45(43)42-33-32-41(34-35(42)2)38-28-30-40(31-29-38)52-47-22-10-12-24-49(47)53(50-25-13-11-23-48(50)52)46-26-15-18-39-17-5-7-20-44(39)46/h5-35,42H,4H2,1-3H3. The number of rotatable bonds is 7. The maximum Gasteiger partial charge on any atom is 0.0664 e. The molecule has 0 saturated heterocycles. The average molecular weight is 694 g/mol. The van der Waals surface area contributed by atoms with Crippen LogP contribution in [0.4, 0.5) is 5.69 Å². The molecular formula is C53H43N. The Balaban J connectivity index is 1.07. The Bertz CT molecular complexity index is 2720. The van der Waals surface area contributed by atoms with Gasteiger partial charge in [0.25, 0.3) is 0 Å². The number of hydrogen-bond acceptors (Lipinski definition) is 1. The molecule has 0 spiro atoms. The minimum atomic E-state index is 0.272. The van der Waals surface area contributed by atoms with E-state index in [0.717, 1.165) is 17.8 Å². The summed E-state index contributed by atoms with van der Waals surface area (Å²) in [7, 11) is 0. The molecule has 0 saturated carbocycles. The molecule has 1 nitrogen and oxygen atoms in total. The number of fused-ring (bicyclic) bond motifs is 3. The van der Waals surface area contributed by atoms with Gasteiger partial charge in [0.2, 0.25) is 0 Å². The van der Waals surface area contributed by atoms with Crippen molar-refractivity contribution in [3.8, 4) is 22.3 Å². The Hall–Kier alpha value is -6.31. The fraction of sp³-hybridized carbons (Fsp3) is 0.113. The summed E-state index contributed by atoms with van der Waals surface area (Å²) in [4.78, 5) is 5.12. The van der Waals surface area contributed by atoms with E-state index < -0.39 is 0 Å². The molecule has 8 aromatic rings. The van der Waals surface area contributed by atoms with E-state index in [1.165, 1.54) is 82.4 Å². The summed E-state index contributed by atoms with van der Waals surface area (Å²) in [6.45, 7) is 6.68. The fourth-order valence-corrected chi connectivity index (χ4v) is 8.68. The predicted molar refractivity (Wildman–Crippen MR) is 233 cm³/mol. The predicted octanol–water partition coefficient (Wildman–Crippen LogP) is 14.6. The summed E-state index contributed by atoms with van der Waals surface area (Å²) < 4.78 is 0. The number of aryl methyl sites for hydroxylation is 1. The number of para-hydroxylation sites is 1. The van der Waals surface area contributed by atoms with Gasteiger partial charge in [0.1, 0.15) is 0 Å². The van der Waals surface area contributed by atoms with Crippen molar-refractivity contribution in [2.75, 3.05) is 0 Å². The second-order valence-electron chi connectivity index (χ2n) is 14.6. The van der Waals surface area contributed by atoms with Crippen molar-refractivity contribution in [2.45, 2.75) is 33.1 Å². The van der Waals surface area contributed by atoms with Gasteiger partial charge >= 0.3 is 0 Å². The first-order chi connectivity index (χ1) is 26.6. The molecule has 0 radical (unpaired) electrons. The second-order valence-corrected chi connectivity index (χ2v) is 14.6. The Labute approximate surface area is 318 Å². The quantitative estimate of drug-likeness (QED) is 0.116. The van der Waals surface area contributed by atoms with Crippen LogP contribution in [-0.4, -0.2) is 5.71 Å². The molecule has 2 atom stereocenters. The Kier molecular flexibility index (Phi) is 8.85. The van der Waals surface area contributed by atoms with E-state index in [-0.39, 0.29) is 5.92 Å². The van der Waals surface area contributed by atoms with E-state index in [1.54, 1.807) is 0 Å². The third kappa shape index (κ3) is 5.96. The lowest BCUT2D eigenvalue weighted by Gasteiger charge is -2.26. The average Bonchev–Trinajstić information content (AvgIpc) is 3.23. The van der Waals surface area contributed by atoms with Crippen molar-refractivity contribution < 1.29 is 0 Å². The van der Waals surface area contributed by atoms with Crippen molar-refractivity contribution in [3.63, 3.8) is 0 Å². The molecular weight excluding hydrogens is 651 g/mol. The zero-order valence-electron chi connectivity index (χ0n) is 31.1. The number of benzene rings is 8. The van der Waals surface area contributed by atoms with Crippen LogP contribution in [0.15, 0.2) is 187 Å². The molecule has 1 aliphatic rings. The van der Waals surface area contributed by atoms with E-state index in [4.69, 9.17) is 4.99 Å². The first kappa shape index (κ1) is 33.5. The zero-order chi connectivity index (χ0) is 36.6. The molecule has 260 valence electrons. The van der Waals surface area contributed by atoms with Crippen LogP contribution >= 0.6 is 0 Å². The smallest absolute Gasteiger partial charge is 0.0664 e. The summed E-state index contributed by atoms with van der Waals surface area (Å²) in [5.74, 6) is 0.602. The molecule has 0 bridgehead atoms. The minimum Gasteiger partial charge on any atom is -0.253 e. The van der Waals surface area contributed by atoms with Crippen LogP contribution in [0.3, 0.4) is 0 Å². The van der Waals surface area contributed by atoms with Crippen molar-refractivity contribution in [2.24, 2.45) is 10.9 Å². The van der Waals surface area contributed by atoms with Crippen LogP contribution in [0.25, 0.3) is 60.1 Å². The molecule has 0 heterocycles. The number of hydrogen-bond donors (Lipinski definition) is 0. The first-order valence-corrected chi connectivity index (χ1v) is 19.2. The van der Waals surface area contributed by atoms with Crippen molar-refractivity contribution in [3.05, 3.63) is 204 Å². The van der Waals surface area contributed by atoms with Gasteiger partial charge in [-0.25, -0.2) is 0 Å². The summed E-state index contributed by atoms with van der Waals surface area (Å²) in [5.41, 5.74) is 13.5. The SMILES string of the molecule is CCc1ccccc1N=C(C)c1ccccc1C1C=CC(c2ccc(-c3c4ccccc4c(-c4cccc5ccccc45)c4ccccc34)cc2)=CC1C. The molecule has 9 rings (SSSR count). The highest BCUT2D eigenvalue weighted by Crippen LogP contribution is 2.45. The number of nitrogens with zero attached hydrogens (tertiary/aromatic N) is 1. The van der Waals surface area contributed by atoms with Gasteiger partial charge in [0.15, 0.2) is 0 Å². The van der Waals surface area contributed by atoms with Gasteiger partial charge in [-0.15, -0.1) is 0 Å². The highest BCUT2D eigenvalue weighted by molar-refractivity contribution is 6.23. The Morgan fingerprint density at radius 1 is 0.556 bits per heavy atom. The fourth-order valence-electron chi connectivity index (χ4n) is 8.68. The normalized spacial score (nSPS) is 15.9. The highest BCUT2D eigenvalue weighted by atomic mass is 14.7. The van der Waals surface area contributed by atoms with Crippen molar-refractivity contribution >= 4 is 49.3 Å². The van der Waals surface area contributed by atoms with E-state index in [1.807, 2.05) is 0 Å². The Morgan fingerprint density at radius 3 is 1.83 bits per heavy atom. The number of aliphatic imine (C=N–C) groups is 1. The number of allylic oxidation sites excluding steroid dienone is 4. The molecule has 2 unspecified atom stereocenters. The van der Waals surface area contributed by atoms with Crippen LogP contribution < -0.4 is 0 Å². The largest absolute Gasteiger partial charge is 0.253 e. The molecule has 54 heavy (non-hydrogen) atoms. The van der Waals surface area contributed by atoms with Gasteiger partial charge in [0.05, 0.1) is 5.69 Å². The summed E-state index contributed by atoms with van der Waals surface area (Å²) >= 11 is 0. The third-order valence-corrected chi connectivity index (χ3v) is 11.4. The minimum absolute atomic E-state index is 0.272. The van der Waals surface area contributed by atoms with E-state index in [9.17, 15) is 0 Å². The molecule has 0 aromatic heterocycles. The van der Waals surface area contributed by atoms with E-state index >= 15 is 0 Å². The maximum atomic E-state index is 5.12. The van der Waals surface area contributed by atoms with Gasteiger partial charge in [-0.05, 0) is 108 Å². The zero-order valence-corrected chi connectivity index (χ0v) is 31.1. The second kappa shape index (κ2) is 14.3. The van der Waals surface area contributed by atoms with E-state index in [2.05, 4.69) is 203 Å². The van der Waals surface area contributed by atoms with Crippen molar-refractivity contribution in [1.29, 1.82) is 0 Å². The lowest BCUT2D eigenvalue weighted by atomic mass is 9.78. The van der Waals surface area contributed by atoms with Crippen LogP contribution in [0, 0.1) is 5.92 Å². The van der Waals surface area contributed by atoms with Gasteiger partial charge in [-0.2, -0.15) is 0 Å². The first-order valence-electron chi connectivity index (χ1n) is 19.2. The topological polar surface area (TPSA) is 12.4 Å². The third-order valence-electron chi connectivity index (χ3n) is 11.4. The summed E-state index contributed by atoms with van der Waals surface area (Å²) in [6, 6.07) is 59.8. The van der Waals surface area contributed by atoms with Crippen LogP contribution in [-0.2, 0) is 6.42 Å². The van der Waals surface area contributed by atoms with Gasteiger partial charge in [0, 0.05) is 11.6 Å². The van der Waals surface area contributed by atoms with E-state index in [0.29, 0.717) is 5.92 Å². The Morgan fingerprint density at radius 2 is 1.13 bits per heavy atom. The van der Waals surface area contributed by atoms with Crippen molar-refractivity contribution in [1.82, 2.24) is 0 Å². The summed E-state index contributed by atoms with van der Waals surface area (Å²) in [6.07, 6.45) is 8.13. The van der Waals surface area contributed by atoms with Crippen LogP contribution in [0.5, 0.6) is 0 Å². The van der Waals surface area contributed by atoms with Gasteiger partial charge < -0.3 is 0 Å². The monoisotopic (exact) mass is 693 g/mol. The maximum absolute atomic E-state index is 5.12. The molecule has 1 aliphatic carbocycles. The lowest BCUT2D eigenvalue weighted by Crippen LogP contribution is -2.13. The molecule has 0 aliphatic heterocycles. The van der Waals surface area contributed by atoms with Gasteiger partial charge in [-0.1, -0.05) is 190 Å². The van der Waals surface area contributed by atoms with Crippen LogP contribution in [0.1, 0.15) is 48.9 Å².